The van der Waals surface area contributed by atoms with Gasteiger partial charge in [-0.05, 0) is 42.3 Å². The highest BCUT2D eigenvalue weighted by Crippen LogP contribution is 2.44. The third kappa shape index (κ3) is 5.23. The van der Waals surface area contributed by atoms with Gasteiger partial charge >= 0.3 is 0 Å². The van der Waals surface area contributed by atoms with Crippen molar-refractivity contribution >= 4 is 29.1 Å². The van der Waals surface area contributed by atoms with E-state index in [2.05, 4.69) is 5.32 Å². The summed E-state index contributed by atoms with van der Waals surface area (Å²) in [6, 6.07) is 15.2. The summed E-state index contributed by atoms with van der Waals surface area (Å²) < 4.78 is 6.39. The number of nitrogens with one attached hydrogen (secondary N) is 1. The monoisotopic (exact) mass is 407 g/mol. The number of hydrogen-bond donors (Lipinski definition) is 2. The smallest absolute Gasteiger partial charge is 0.222 e. The molecule has 0 saturated carbocycles. The highest BCUT2D eigenvalue weighted by Gasteiger charge is 2.40. The van der Waals surface area contributed by atoms with Crippen molar-refractivity contribution in [2.45, 2.75) is 43.9 Å². The Morgan fingerprint density at radius 1 is 1.11 bits per heavy atom. The van der Waals surface area contributed by atoms with Gasteiger partial charge < -0.3 is 15.2 Å². The summed E-state index contributed by atoms with van der Waals surface area (Å²) in [5.74, 6) is -0.170. The summed E-state index contributed by atoms with van der Waals surface area (Å²) in [5, 5.41) is 13.4. The molecule has 144 valence electrons. The van der Waals surface area contributed by atoms with Crippen LogP contribution >= 0.6 is 23.2 Å². The number of aliphatic hydroxyl groups is 1. The molecular weight excluding hydrogens is 385 g/mol. The predicted molar refractivity (Wildman–Crippen MR) is 107 cm³/mol. The molecule has 0 radical (unpaired) electrons. The van der Waals surface area contributed by atoms with Gasteiger partial charge in [0.05, 0.1) is 18.8 Å². The Morgan fingerprint density at radius 2 is 1.63 bits per heavy atom. The lowest BCUT2D eigenvalue weighted by molar-refractivity contribution is -0.129. The van der Waals surface area contributed by atoms with Gasteiger partial charge in [-0.2, -0.15) is 0 Å². The highest BCUT2D eigenvalue weighted by molar-refractivity contribution is 6.30. The van der Waals surface area contributed by atoms with Gasteiger partial charge in [-0.25, -0.2) is 0 Å². The number of halogens is 2. The van der Waals surface area contributed by atoms with Gasteiger partial charge in [-0.1, -0.05) is 47.5 Å². The Hall–Kier alpha value is -1.59. The van der Waals surface area contributed by atoms with E-state index in [1.807, 2.05) is 55.5 Å². The molecule has 1 amide bonds. The minimum Gasteiger partial charge on any atom is -0.396 e. The van der Waals surface area contributed by atoms with Crippen LogP contribution in [0.15, 0.2) is 48.5 Å². The predicted octanol–water partition coefficient (Wildman–Crippen LogP) is 4.84. The average molecular weight is 408 g/mol. The molecule has 27 heavy (non-hydrogen) atoms. The van der Waals surface area contributed by atoms with Crippen molar-refractivity contribution in [1.82, 2.24) is 5.32 Å². The minimum atomic E-state index is -0.482. The standard InChI is InChI=1S/C21H23Cl2NO3/c1-21(24-20(26)8-9-25)12-18(14-4-2-6-16(22)10-14)27-19(13-21)15-5-3-7-17(23)11-15/h2-7,10-11,18-19,25H,8-9,12-13H2,1H3,(H,24,26)/t18-,19+,21?. The zero-order chi connectivity index (χ0) is 19.4. The van der Waals surface area contributed by atoms with Crippen molar-refractivity contribution in [3.63, 3.8) is 0 Å². The van der Waals surface area contributed by atoms with E-state index in [1.165, 1.54) is 0 Å². The molecule has 0 aliphatic carbocycles. The van der Waals surface area contributed by atoms with Crippen LogP contribution in [-0.2, 0) is 9.53 Å². The maximum absolute atomic E-state index is 12.2. The molecular formula is C21H23Cl2NO3. The number of carbonyl (C=O) groups is 1. The molecule has 1 heterocycles. The van der Waals surface area contributed by atoms with E-state index in [-0.39, 0.29) is 31.1 Å². The Morgan fingerprint density at radius 3 is 2.07 bits per heavy atom. The Balaban J connectivity index is 1.91. The van der Waals surface area contributed by atoms with Crippen molar-refractivity contribution in [3.05, 3.63) is 69.7 Å². The van der Waals surface area contributed by atoms with E-state index >= 15 is 0 Å². The van der Waals surface area contributed by atoms with Crippen molar-refractivity contribution in [2.75, 3.05) is 6.61 Å². The van der Waals surface area contributed by atoms with Gasteiger partial charge in [-0.15, -0.1) is 0 Å². The van der Waals surface area contributed by atoms with E-state index in [1.54, 1.807) is 0 Å². The van der Waals surface area contributed by atoms with Gasteiger partial charge in [-0.3, -0.25) is 4.79 Å². The van der Waals surface area contributed by atoms with Crippen LogP contribution in [0.1, 0.15) is 49.5 Å². The molecule has 2 N–H and O–H groups in total. The molecule has 0 aromatic heterocycles. The third-order valence-electron chi connectivity index (χ3n) is 4.82. The Bertz CT molecular complexity index is 758. The topological polar surface area (TPSA) is 58.6 Å². The van der Waals surface area contributed by atoms with Crippen LogP contribution in [0.3, 0.4) is 0 Å². The van der Waals surface area contributed by atoms with E-state index in [4.69, 9.17) is 33.0 Å². The zero-order valence-corrected chi connectivity index (χ0v) is 16.6. The summed E-state index contributed by atoms with van der Waals surface area (Å²) in [5.41, 5.74) is 1.46. The summed E-state index contributed by atoms with van der Waals surface area (Å²) in [7, 11) is 0. The van der Waals surface area contributed by atoms with Crippen molar-refractivity contribution < 1.29 is 14.6 Å². The molecule has 1 saturated heterocycles. The van der Waals surface area contributed by atoms with E-state index in [0.29, 0.717) is 22.9 Å². The van der Waals surface area contributed by atoms with Crippen LogP contribution in [0.25, 0.3) is 0 Å². The molecule has 2 aromatic carbocycles. The van der Waals surface area contributed by atoms with Crippen molar-refractivity contribution in [2.24, 2.45) is 0 Å². The number of amides is 1. The molecule has 3 atom stereocenters. The number of benzene rings is 2. The molecule has 1 aliphatic heterocycles. The minimum absolute atomic E-state index is 0.0834. The van der Waals surface area contributed by atoms with Crippen LogP contribution in [0.4, 0.5) is 0 Å². The van der Waals surface area contributed by atoms with Gasteiger partial charge in [0.1, 0.15) is 0 Å². The van der Waals surface area contributed by atoms with E-state index in [0.717, 1.165) is 11.1 Å². The van der Waals surface area contributed by atoms with Crippen LogP contribution < -0.4 is 5.32 Å². The molecule has 0 bridgehead atoms. The normalized spacial score (nSPS) is 25.2. The quantitative estimate of drug-likeness (QED) is 0.744. The molecule has 3 rings (SSSR count). The molecule has 0 spiro atoms. The first-order chi connectivity index (χ1) is 12.9. The molecule has 1 aliphatic rings. The maximum atomic E-state index is 12.2. The maximum Gasteiger partial charge on any atom is 0.222 e. The fourth-order valence-electron chi connectivity index (χ4n) is 3.61. The van der Waals surface area contributed by atoms with Gasteiger partial charge in [0, 0.05) is 34.8 Å². The lowest BCUT2D eigenvalue weighted by Crippen LogP contribution is -2.51. The molecule has 4 nitrogen and oxygen atoms in total. The van der Waals surface area contributed by atoms with E-state index < -0.39 is 5.54 Å². The number of carbonyl (C=O) groups excluding carboxylic acids is 1. The molecule has 1 fully saturated rings. The van der Waals surface area contributed by atoms with Crippen LogP contribution in [-0.4, -0.2) is 23.2 Å². The fourth-order valence-corrected chi connectivity index (χ4v) is 4.00. The second-order valence-corrected chi connectivity index (χ2v) is 8.09. The molecule has 1 unspecified atom stereocenters. The van der Waals surface area contributed by atoms with Gasteiger partial charge in [0.25, 0.3) is 0 Å². The van der Waals surface area contributed by atoms with Gasteiger partial charge in [0.15, 0.2) is 0 Å². The summed E-state index contributed by atoms with van der Waals surface area (Å²) in [6.07, 6.45) is 0.866. The average Bonchev–Trinajstić information content (AvgIpc) is 2.61. The lowest BCUT2D eigenvalue weighted by atomic mass is 9.81. The van der Waals surface area contributed by atoms with Crippen molar-refractivity contribution in [1.29, 1.82) is 0 Å². The fraction of sp³-hybridized carbons (Fsp3) is 0.381. The second-order valence-electron chi connectivity index (χ2n) is 7.21. The number of rotatable bonds is 5. The SMILES string of the molecule is CC1(NC(=O)CCO)C[C@@H](c2cccc(Cl)c2)O[C@@H](c2cccc(Cl)c2)C1. The lowest BCUT2D eigenvalue weighted by Gasteiger charge is -2.43. The first kappa shape index (κ1) is 20.2. The number of hydrogen-bond acceptors (Lipinski definition) is 3. The third-order valence-corrected chi connectivity index (χ3v) is 5.29. The highest BCUT2D eigenvalue weighted by atomic mass is 35.5. The molecule has 6 heteroatoms. The largest absolute Gasteiger partial charge is 0.396 e. The number of ether oxygens (including phenoxy) is 1. The summed E-state index contributed by atoms with van der Waals surface area (Å²) in [6.45, 7) is 1.84. The number of aliphatic hydroxyl groups excluding tert-OH is 1. The zero-order valence-electron chi connectivity index (χ0n) is 15.1. The summed E-state index contributed by atoms with van der Waals surface area (Å²) >= 11 is 12.3. The second kappa shape index (κ2) is 8.61. The first-order valence-corrected chi connectivity index (χ1v) is 9.72. The molecule has 2 aromatic rings. The van der Waals surface area contributed by atoms with E-state index in [9.17, 15) is 4.79 Å². The Labute approximate surface area is 169 Å². The van der Waals surface area contributed by atoms with Crippen LogP contribution in [0.5, 0.6) is 0 Å². The van der Waals surface area contributed by atoms with Crippen molar-refractivity contribution in [3.8, 4) is 0 Å². The van der Waals surface area contributed by atoms with Crippen LogP contribution in [0, 0.1) is 0 Å². The van der Waals surface area contributed by atoms with Crippen LogP contribution in [0.2, 0.25) is 10.0 Å². The Kier molecular flexibility index (Phi) is 6.43. The first-order valence-electron chi connectivity index (χ1n) is 8.97. The van der Waals surface area contributed by atoms with Gasteiger partial charge in [0.2, 0.25) is 5.91 Å². The summed E-state index contributed by atoms with van der Waals surface area (Å²) in [4.78, 5) is 12.2.